The molecule has 0 bridgehead atoms. The molecule has 0 radical (unpaired) electrons. The highest BCUT2D eigenvalue weighted by atomic mass is 79.9. The number of carbonyl (C=O) groups excluding carboxylic acids is 1. The van der Waals surface area contributed by atoms with Crippen molar-refractivity contribution in [3.8, 4) is 11.8 Å². The van der Waals surface area contributed by atoms with Crippen LogP contribution >= 0.6 is 15.9 Å². The van der Waals surface area contributed by atoms with Gasteiger partial charge in [0.15, 0.2) is 0 Å². The summed E-state index contributed by atoms with van der Waals surface area (Å²) in [6.07, 6.45) is 1.44. The van der Waals surface area contributed by atoms with Crippen molar-refractivity contribution in [2.24, 2.45) is 5.73 Å². The molecule has 1 amide bonds. The number of benzene rings is 2. The Balaban J connectivity index is 2.10. The van der Waals surface area contributed by atoms with Crippen LogP contribution in [-0.2, 0) is 11.4 Å². The van der Waals surface area contributed by atoms with Gasteiger partial charge in [-0.1, -0.05) is 40.2 Å². The van der Waals surface area contributed by atoms with Gasteiger partial charge >= 0.3 is 0 Å². The molecule has 5 heteroatoms. The molecule has 0 aliphatic rings. The minimum absolute atomic E-state index is 0.0925. The van der Waals surface area contributed by atoms with E-state index in [1.807, 2.05) is 30.3 Å². The molecule has 0 unspecified atom stereocenters. The molecule has 0 aliphatic carbocycles. The molecule has 0 spiro atoms. The maximum atomic E-state index is 11.1. The van der Waals surface area contributed by atoms with E-state index in [-0.39, 0.29) is 5.57 Å². The van der Waals surface area contributed by atoms with Crippen molar-refractivity contribution in [3.63, 3.8) is 0 Å². The summed E-state index contributed by atoms with van der Waals surface area (Å²) in [4.78, 5) is 11.1. The Labute approximate surface area is 136 Å². The minimum atomic E-state index is -0.747. The molecule has 0 atom stereocenters. The van der Waals surface area contributed by atoms with Gasteiger partial charge in [0.2, 0.25) is 0 Å². The molecule has 0 saturated heterocycles. The Morgan fingerprint density at radius 3 is 2.64 bits per heavy atom. The van der Waals surface area contributed by atoms with Crippen LogP contribution in [0.3, 0.4) is 0 Å². The third kappa shape index (κ3) is 4.47. The number of nitrogens with zero attached hydrogens (tertiary/aromatic N) is 1. The Kier molecular flexibility index (Phi) is 5.34. The molecule has 4 nitrogen and oxygen atoms in total. The van der Waals surface area contributed by atoms with E-state index in [9.17, 15) is 4.79 Å². The maximum absolute atomic E-state index is 11.1. The van der Waals surface area contributed by atoms with Crippen molar-refractivity contribution in [1.29, 1.82) is 5.26 Å². The van der Waals surface area contributed by atoms with Gasteiger partial charge in [-0.25, -0.2) is 0 Å². The first-order valence-corrected chi connectivity index (χ1v) is 7.26. The van der Waals surface area contributed by atoms with Gasteiger partial charge in [-0.05, 0) is 41.5 Å². The third-order valence-corrected chi connectivity index (χ3v) is 3.40. The van der Waals surface area contributed by atoms with E-state index < -0.39 is 5.91 Å². The molecule has 2 aromatic rings. The first-order chi connectivity index (χ1) is 10.6. The summed E-state index contributed by atoms with van der Waals surface area (Å²) >= 11 is 3.38. The minimum Gasteiger partial charge on any atom is -0.489 e. The van der Waals surface area contributed by atoms with Crippen LogP contribution in [0.15, 0.2) is 58.6 Å². The van der Waals surface area contributed by atoms with Gasteiger partial charge in [0.1, 0.15) is 24.0 Å². The lowest BCUT2D eigenvalue weighted by Crippen LogP contribution is -2.12. The second-order valence-corrected chi connectivity index (χ2v) is 5.44. The van der Waals surface area contributed by atoms with E-state index in [2.05, 4.69) is 15.9 Å². The average molecular weight is 357 g/mol. The molecule has 2 N–H and O–H groups in total. The summed E-state index contributed by atoms with van der Waals surface area (Å²) in [6.45, 7) is 0.432. The molecule has 0 saturated carbocycles. The summed E-state index contributed by atoms with van der Waals surface area (Å²) in [5, 5.41) is 8.85. The van der Waals surface area contributed by atoms with Crippen molar-refractivity contribution in [1.82, 2.24) is 0 Å². The Morgan fingerprint density at radius 1 is 1.27 bits per heavy atom. The number of hydrogen-bond acceptors (Lipinski definition) is 3. The quantitative estimate of drug-likeness (QED) is 0.658. The zero-order valence-electron chi connectivity index (χ0n) is 11.6. The second kappa shape index (κ2) is 7.43. The first-order valence-electron chi connectivity index (χ1n) is 6.47. The fourth-order valence-corrected chi connectivity index (χ4v) is 2.03. The van der Waals surface area contributed by atoms with E-state index in [1.165, 1.54) is 6.08 Å². The van der Waals surface area contributed by atoms with Gasteiger partial charge in [0, 0.05) is 4.47 Å². The summed E-state index contributed by atoms with van der Waals surface area (Å²) in [5.41, 5.74) is 6.75. The highest BCUT2D eigenvalue weighted by Gasteiger charge is 2.04. The summed E-state index contributed by atoms with van der Waals surface area (Å²) < 4.78 is 6.72. The molecule has 110 valence electrons. The zero-order chi connectivity index (χ0) is 15.9. The fraction of sp³-hybridized carbons (Fsp3) is 0.0588. The number of ether oxygens (including phenoxy) is 1. The normalized spacial score (nSPS) is 10.8. The summed E-state index contributed by atoms with van der Waals surface area (Å²) in [7, 11) is 0. The number of hydrogen-bond donors (Lipinski definition) is 1. The SMILES string of the molecule is N#C/C(=C/c1cccc(OCc2ccc(Br)cc2)c1)C(N)=O. The van der Waals surface area contributed by atoms with Gasteiger partial charge in [0.25, 0.3) is 5.91 Å². The lowest BCUT2D eigenvalue weighted by atomic mass is 10.1. The van der Waals surface area contributed by atoms with E-state index in [4.69, 9.17) is 15.7 Å². The molecular weight excluding hydrogens is 344 g/mol. The van der Waals surface area contributed by atoms with Gasteiger partial charge in [-0.15, -0.1) is 0 Å². The number of carbonyl (C=O) groups is 1. The van der Waals surface area contributed by atoms with Crippen LogP contribution in [0.5, 0.6) is 5.75 Å². The molecule has 2 aromatic carbocycles. The van der Waals surface area contributed by atoms with E-state index in [0.29, 0.717) is 17.9 Å². The van der Waals surface area contributed by atoms with Gasteiger partial charge in [-0.2, -0.15) is 5.26 Å². The number of amides is 1. The molecule has 2 rings (SSSR count). The molecule has 0 fully saturated rings. The van der Waals surface area contributed by atoms with Crippen molar-refractivity contribution < 1.29 is 9.53 Å². The topological polar surface area (TPSA) is 76.1 Å². The molecule has 22 heavy (non-hydrogen) atoms. The van der Waals surface area contributed by atoms with Gasteiger partial charge in [-0.3, -0.25) is 4.79 Å². The predicted octanol–water partition coefficient (Wildman–Crippen LogP) is 3.42. The third-order valence-electron chi connectivity index (χ3n) is 2.87. The lowest BCUT2D eigenvalue weighted by Gasteiger charge is -2.07. The zero-order valence-corrected chi connectivity index (χ0v) is 13.2. The van der Waals surface area contributed by atoms with Crippen LogP contribution in [-0.4, -0.2) is 5.91 Å². The highest BCUT2D eigenvalue weighted by molar-refractivity contribution is 9.10. The number of nitriles is 1. The first kappa shape index (κ1) is 15.8. The van der Waals surface area contributed by atoms with Crippen LogP contribution in [0.1, 0.15) is 11.1 Å². The summed E-state index contributed by atoms with van der Waals surface area (Å²) in [6, 6.07) is 16.7. The lowest BCUT2D eigenvalue weighted by molar-refractivity contribution is -0.114. The summed E-state index contributed by atoms with van der Waals surface area (Å²) in [5.74, 6) is -0.0953. The van der Waals surface area contributed by atoms with E-state index in [1.54, 1.807) is 24.3 Å². The van der Waals surface area contributed by atoms with Crippen molar-refractivity contribution in [2.45, 2.75) is 6.61 Å². The Bertz CT molecular complexity index is 746. The largest absolute Gasteiger partial charge is 0.489 e. The average Bonchev–Trinajstić information content (AvgIpc) is 2.52. The van der Waals surface area contributed by atoms with Crippen molar-refractivity contribution >= 4 is 27.9 Å². The second-order valence-electron chi connectivity index (χ2n) is 4.52. The maximum Gasteiger partial charge on any atom is 0.259 e. The Morgan fingerprint density at radius 2 is 2.00 bits per heavy atom. The van der Waals surface area contributed by atoms with Crippen LogP contribution in [0.2, 0.25) is 0 Å². The van der Waals surface area contributed by atoms with Crippen LogP contribution in [0, 0.1) is 11.3 Å². The van der Waals surface area contributed by atoms with Crippen LogP contribution in [0.4, 0.5) is 0 Å². The fourth-order valence-electron chi connectivity index (χ4n) is 1.77. The molecular formula is C17H13BrN2O2. The van der Waals surface area contributed by atoms with E-state index >= 15 is 0 Å². The van der Waals surface area contributed by atoms with Crippen molar-refractivity contribution in [3.05, 3.63) is 69.7 Å². The highest BCUT2D eigenvalue weighted by Crippen LogP contribution is 2.18. The molecule has 0 aliphatic heterocycles. The molecule has 0 heterocycles. The smallest absolute Gasteiger partial charge is 0.259 e. The van der Waals surface area contributed by atoms with Gasteiger partial charge in [0.05, 0.1) is 0 Å². The number of halogens is 1. The number of rotatable bonds is 5. The van der Waals surface area contributed by atoms with E-state index in [0.717, 1.165) is 10.0 Å². The number of primary amides is 1. The van der Waals surface area contributed by atoms with Crippen molar-refractivity contribution in [2.75, 3.05) is 0 Å². The standard InChI is InChI=1S/C17H13BrN2O2/c18-15-6-4-12(5-7-15)11-22-16-3-1-2-13(9-16)8-14(10-19)17(20)21/h1-9H,11H2,(H2,20,21)/b14-8-. The van der Waals surface area contributed by atoms with Gasteiger partial charge < -0.3 is 10.5 Å². The van der Waals surface area contributed by atoms with Crippen LogP contribution < -0.4 is 10.5 Å². The Hall–Kier alpha value is -2.58. The predicted molar refractivity (Wildman–Crippen MR) is 87.7 cm³/mol. The monoisotopic (exact) mass is 356 g/mol. The molecule has 0 aromatic heterocycles. The van der Waals surface area contributed by atoms with Crippen LogP contribution in [0.25, 0.3) is 6.08 Å². The number of nitrogens with two attached hydrogens (primary N) is 1.